The van der Waals surface area contributed by atoms with E-state index < -0.39 is 0 Å². The summed E-state index contributed by atoms with van der Waals surface area (Å²) in [6, 6.07) is 12.8. The van der Waals surface area contributed by atoms with Gasteiger partial charge < -0.3 is 4.74 Å². The maximum absolute atomic E-state index is 6.16. The Morgan fingerprint density at radius 3 is 2.77 bits per heavy atom. The van der Waals surface area contributed by atoms with Gasteiger partial charge in [-0.15, -0.1) is 10.2 Å². The van der Waals surface area contributed by atoms with Gasteiger partial charge in [-0.3, -0.25) is 4.40 Å². The minimum absolute atomic E-state index is 0.320. The van der Waals surface area contributed by atoms with Crippen LogP contribution in [-0.2, 0) is 0 Å². The molecule has 0 spiro atoms. The van der Waals surface area contributed by atoms with Crippen molar-refractivity contribution in [2.45, 2.75) is 0 Å². The molecule has 4 rings (SSSR count). The molecule has 0 atom stereocenters. The van der Waals surface area contributed by atoms with Crippen molar-refractivity contribution in [3.63, 3.8) is 0 Å². The quantitative estimate of drug-likeness (QED) is 0.547. The normalized spacial score (nSPS) is 11.2. The Kier molecular flexibility index (Phi) is 3.10. The fourth-order valence-electron chi connectivity index (χ4n) is 2.21. The molecule has 108 valence electrons. The largest absolute Gasteiger partial charge is 0.434 e. The molecule has 0 unspecified atom stereocenters. The second-order valence-electron chi connectivity index (χ2n) is 4.58. The fourth-order valence-corrected chi connectivity index (χ4v) is 2.54. The van der Waals surface area contributed by atoms with Crippen LogP contribution in [0.3, 0.4) is 0 Å². The zero-order valence-corrected chi connectivity index (χ0v) is 12.6. The minimum Gasteiger partial charge on any atom is -0.434 e. The van der Waals surface area contributed by atoms with Gasteiger partial charge in [-0.1, -0.05) is 41.4 Å². The summed E-state index contributed by atoms with van der Waals surface area (Å²) in [6.45, 7) is 0. The molecule has 0 aliphatic rings. The first-order valence-electron chi connectivity index (χ1n) is 6.44. The van der Waals surface area contributed by atoms with E-state index in [2.05, 4.69) is 15.2 Å². The number of halogens is 2. The van der Waals surface area contributed by atoms with Crippen LogP contribution < -0.4 is 4.74 Å². The lowest BCUT2D eigenvalue weighted by Crippen LogP contribution is -1.96. The van der Waals surface area contributed by atoms with Crippen molar-refractivity contribution in [3.05, 3.63) is 58.8 Å². The highest BCUT2D eigenvalue weighted by Gasteiger charge is 2.14. The SMILES string of the molecule is Clc1cccc(Oc2nc3ccccc3n3cnnc23)c1Cl. The highest BCUT2D eigenvalue weighted by atomic mass is 35.5. The molecule has 0 saturated heterocycles. The van der Waals surface area contributed by atoms with Gasteiger partial charge in [0.25, 0.3) is 5.88 Å². The van der Waals surface area contributed by atoms with E-state index in [0.717, 1.165) is 11.0 Å². The van der Waals surface area contributed by atoms with E-state index >= 15 is 0 Å². The van der Waals surface area contributed by atoms with Crippen LogP contribution in [0.15, 0.2) is 48.8 Å². The van der Waals surface area contributed by atoms with Gasteiger partial charge in [0.05, 0.1) is 16.1 Å². The first-order chi connectivity index (χ1) is 10.7. The van der Waals surface area contributed by atoms with Crippen LogP contribution in [0.2, 0.25) is 10.0 Å². The summed E-state index contributed by atoms with van der Waals surface area (Å²) >= 11 is 12.2. The molecule has 2 aromatic carbocycles. The number of benzene rings is 2. The molecule has 0 radical (unpaired) electrons. The number of hydrogen-bond donors (Lipinski definition) is 0. The van der Waals surface area contributed by atoms with Crippen LogP contribution in [0.1, 0.15) is 0 Å². The molecule has 7 heteroatoms. The van der Waals surface area contributed by atoms with Crippen molar-refractivity contribution in [2.75, 3.05) is 0 Å². The van der Waals surface area contributed by atoms with Crippen LogP contribution in [0.4, 0.5) is 0 Å². The molecule has 0 N–H and O–H groups in total. The molecule has 2 aromatic heterocycles. The number of hydrogen-bond acceptors (Lipinski definition) is 4. The zero-order valence-electron chi connectivity index (χ0n) is 11.1. The van der Waals surface area contributed by atoms with Crippen molar-refractivity contribution in [2.24, 2.45) is 0 Å². The molecule has 22 heavy (non-hydrogen) atoms. The van der Waals surface area contributed by atoms with E-state index in [-0.39, 0.29) is 0 Å². The molecule has 0 aliphatic heterocycles. The third-order valence-electron chi connectivity index (χ3n) is 3.23. The molecular formula is C15H8Cl2N4O. The third-order valence-corrected chi connectivity index (χ3v) is 4.03. The first kappa shape index (κ1) is 13.3. The molecule has 5 nitrogen and oxygen atoms in total. The van der Waals surface area contributed by atoms with Gasteiger partial charge in [0.2, 0.25) is 5.65 Å². The standard InChI is InChI=1S/C15H8Cl2N4O/c16-9-4-3-7-12(13(9)17)22-15-14-20-18-8-21(14)11-6-2-1-5-10(11)19-15/h1-8H. The van der Waals surface area contributed by atoms with Gasteiger partial charge in [0.1, 0.15) is 17.1 Å². The first-order valence-corrected chi connectivity index (χ1v) is 7.20. The minimum atomic E-state index is 0.320. The van der Waals surface area contributed by atoms with Gasteiger partial charge in [-0.2, -0.15) is 0 Å². The number of para-hydroxylation sites is 2. The van der Waals surface area contributed by atoms with Gasteiger partial charge in [-0.05, 0) is 24.3 Å². The van der Waals surface area contributed by atoms with Crippen molar-refractivity contribution >= 4 is 39.9 Å². The molecule has 0 saturated carbocycles. The topological polar surface area (TPSA) is 52.3 Å². The lowest BCUT2D eigenvalue weighted by molar-refractivity contribution is 0.467. The highest BCUT2D eigenvalue weighted by molar-refractivity contribution is 6.42. The molecule has 0 bridgehead atoms. The van der Waals surface area contributed by atoms with Crippen molar-refractivity contribution in [3.8, 4) is 11.6 Å². The summed E-state index contributed by atoms with van der Waals surface area (Å²) in [5.41, 5.74) is 2.17. The van der Waals surface area contributed by atoms with Crippen LogP contribution >= 0.6 is 23.2 Å². The number of rotatable bonds is 2. The van der Waals surface area contributed by atoms with E-state index in [1.807, 2.05) is 28.7 Å². The Hall–Kier alpha value is -2.37. The second-order valence-corrected chi connectivity index (χ2v) is 5.37. The van der Waals surface area contributed by atoms with E-state index in [0.29, 0.717) is 27.3 Å². The molecular weight excluding hydrogens is 323 g/mol. The van der Waals surface area contributed by atoms with Crippen molar-refractivity contribution < 1.29 is 4.74 Å². The third kappa shape index (κ3) is 2.06. The lowest BCUT2D eigenvalue weighted by Gasteiger charge is -2.09. The number of aromatic nitrogens is 4. The smallest absolute Gasteiger partial charge is 0.266 e. The molecule has 0 aliphatic carbocycles. The summed E-state index contributed by atoms with van der Waals surface area (Å²) in [5, 5.41) is 8.74. The summed E-state index contributed by atoms with van der Waals surface area (Å²) < 4.78 is 7.63. The highest BCUT2D eigenvalue weighted by Crippen LogP contribution is 2.35. The van der Waals surface area contributed by atoms with E-state index in [9.17, 15) is 0 Å². The molecule has 0 amide bonds. The summed E-state index contributed by atoms with van der Waals surface area (Å²) in [5.74, 6) is 0.738. The van der Waals surface area contributed by atoms with Crippen LogP contribution in [-0.4, -0.2) is 19.6 Å². The average Bonchev–Trinajstić information content (AvgIpc) is 3.02. The predicted octanol–water partition coefficient (Wildman–Crippen LogP) is 4.38. The molecule has 4 aromatic rings. The van der Waals surface area contributed by atoms with Crippen molar-refractivity contribution in [1.29, 1.82) is 0 Å². The van der Waals surface area contributed by atoms with Crippen LogP contribution in [0, 0.1) is 0 Å². The van der Waals surface area contributed by atoms with Crippen LogP contribution in [0.25, 0.3) is 16.7 Å². The maximum Gasteiger partial charge on any atom is 0.266 e. The lowest BCUT2D eigenvalue weighted by atomic mass is 10.3. The van der Waals surface area contributed by atoms with Crippen LogP contribution in [0.5, 0.6) is 11.6 Å². The van der Waals surface area contributed by atoms with Gasteiger partial charge in [0.15, 0.2) is 0 Å². The molecule has 0 fully saturated rings. The van der Waals surface area contributed by atoms with E-state index in [1.165, 1.54) is 0 Å². The summed E-state index contributed by atoms with van der Waals surface area (Å²) in [4.78, 5) is 4.49. The maximum atomic E-state index is 6.16. The van der Waals surface area contributed by atoms with Crippen molar-refractivity contribution in [1.82, 2.24) is 19.6 Å². The van der Waals surface area contributed by atoms with E-state index in [4.69, 9.17) is 27.9 Å². The Morgan fingerprint density at radius 1 is 1.00 bits per heavy atom. The predicted molar refractivity (Wildman–Crippen MR) is 84.8 cm³/mol. The molecule has 2 heterocycles. The van der Waals surface area contributed by atoms with Gasteiger partial charge in [-0.25, -0.2) is 4.98 Å². The zero-order chi connectivity index (χ0) is 15.1. The van der Waals surface area contributed by atoms with Gasteiger partial charge >= 0.3 is 0 Å². The Bertz CT molecular complexity index is 999. The number of fused-ring (bicyclic) bond motifs is 3. The van der Waals surface area contributed by atoms with Gasteiger partial charge in [0, 0.05) is 0 Å². The Labute approximate surface area is 135 Å². The average molecular weight is 331 g/mol. The Balaban J connectivity index is 1.93. The summed E-state index contributed by atoms with van der Waals surface area (Å²) in [6.07, 6.45) is 1.62. The number of nitrogens with zero attached hydrogens (tertiary/aromatic N) is 4. The number of ether oxygens (including phenoxy) is 1. The summed E-state index contributed by atoms with van der Waals surface area (Å²) in [7, 11) is 0. The second kappa shape index (κ2) is 5.12. The Morgan fingerprint density at radius 2 is 1.86 bits per heavy atom. The fraction of sp³-hybridized carbons (Fsp3) is 0. The van der Waals surface area contributed by atoms with E-state index in [1.54, 1.807) is 24.5 Å². The monoisotopic (exact) mass is 330 g/mol.